The van der Waals surface area contributed by atoms with Gasteiger partial charge in [0.15, 0.2) is 0 Å². The second-order valence-corrected chi connectivity index (χ2v) is 4.56. The minimum absolute atomic E-state index is 0.950. The van der Waals surface area contributed by atoms with Crippen LogP contribution in [0, 0.1) is 0 Å². The summed E-state index contributed by atoms with van der Waals surface area (Å²) >= 11 is 6.91. The lowest BCUT2D eigenvalue weighted by atomic mass is 10.3. The zero-order valence-electron chi connectivity index (χ0n) is 7.02. The Morgan fingerprint density at radius 2 is 2.09 bits per heavy atom. The minimum Gasteiger partial charge on any atom is -0.134 e. The molecule has 0 rings (SSSR count). The molecule has 0 atom stereocenters. The van der Waals surface area contributed by atoms with E-state index >= 15 is 0 Å². The molecule has 0 N–H and O–H groups in total. The van der Waals surface area contributed by atoms with Crippen LogP contribution in [0.1, 0.15) is 26.7 Å². The van der Waals surface area contributed by atoms with E-state index in [1.165, 1.54) is 4.91 Å². The number of thiocarbonyl (C=S) groups is 1. The first-order valence-corrected chi connectivity index (χ1v) is 5.85. The van der Waals surface area contributed by atoms with E-state index < -0.39 is 0 Å². The summed E-state index contributed by atoms with van der Waals surface area (Å²) in [5, 5.41) is 0.950. The standard InChI is InChI=1S/C8H13S2Si/c1-3-7(9)5-8(4-2)10-6-11/h5H,3-4,6H2,1-2H3/b8-5-. The van der Waals surface area contributed by atoms with Crippen LogP contribution in [0.2, 0.25) is 0 Å². The molecule has 0 aromatic carbocycles. The third-order valence-electron chi connectivity index (χ3n) is 1.28. The van der Waals surface area contributed by atoms with Crippen LogP contribution in [0.4, 0.5) is 0 Å². The smallest absolute Gasteiger partial charge is 0.0372 e. The maximum Gasteiger partial charge on any atom is 0.0372 e. The highest BCUT2D eigenvalue weighted by molar-refractivity contribution is 8.04. The van der Waals surface area contributed by atoms with Crippen molar-refractivity contribution < 1.29 is 0 Å². The molecule has 0 aliphatic carbocycles. The number of hydrogen-bond donors (Lipinski definition) is 0. The lowest BCUT2D eigenvalue weighted by Crippen LogP contribution is -1.88. The average molecular weight is 201 g/mol. The number of hydrogen-bond acceptors (Lipinski definition) is 2. The molecule has 0 spiro atoms. The van der Waals surface area contributed by atoms with Crippen LogP contribution in [0.3, 0.4) is 0 Å². The maximum absolute atomic E-state index is 5.11. The molecular formula is C8H13S2Si. The van der Waals surface area contributed by atoms with E-state index in [2.05, 4.69) is 30.2 Å². The Bertz CT molecular complexity index is 152. The second kappa shape index (κ2) is 7.07. The van der Waals surface area contributed by atoms with Gasteiger partial charge in [-0.1, -0.05) is 26.1 Å². The van der Waals surface area contributed by atoms with E-state index in [4.69, 9.17) is 12.2 Å². The number of allylic oxidation sites excluding steroid dienone is 2. The Kier molecular flexibility index (Phi) is 7.32. The minimum atomic E-state index is 0.950. The molecule has 0 bridgehead atoms. The van der Waals surface area contributed by atoms with E-state index in [0.29, 0.717) is 0 Å². The quantitative estimate of drug-likeness (QED) is 0.381. The van der Waals surface area contributed by atoms with Crippen LogP contribution >= 0.6 is 24.0 Å². The molecule has 0 amide bonds. The topological polar surface area (TPSA) is 0 Å². The van der Waals surface area contributed by atoms with E-state index in [0.717, 1.165) is 23.1 Å². The van der Waals surface area contributed by atoms with Gasteiger partial charge >= 0.3 is 0 Å². The molecule has 11 heavy (non-hydrogen) atoms. The van der Waals surface area contributed by atoms with Crippen LogP contribution < -0.4 is 0 Å². The Hall–Kier alpha value is 0.397. The van der Waals surface area contributed by atoms with Crippen molar-refractivity contribution in [1.82, 2.24) is 0 Å². The third kappa shape index (κ3) is 5.64. The molecule has 0 aromatic heterocycles. The molecule has 0 nitrogen and oxygen atoms in total. The first kappa shape index (κ1) is 11.4. The van der Waals surface area contributed by atoms with Crippen LogP contribution in [0.5, 0.6) is 0 Å². The Labute approximate surface area is 82.3 Å². The molecule has 0 heterocycles. The Morgan fingerprint density at radius 1 is 1.45 bits per heavy atom. The van der Waals surface area contributed by atoms with E-state index in [1.807, 2.05) is 11.8 Å². The summed E-state index contributed by atoms with van der Waals surface area (Å²) in [7, 11) is 3.43. The van der Waals surface area contributed by atoms with Crippen molar-refractivity contribution in [3.63, 3.8) is 0 Å². The molecule has 0 saturated carbocycles. The van der Waals surface area contributed by atoms with Crippen molar-refractivity contribution >= 4 is 39.1 Å². The number of rotatable bonds is 5. The van der Waals surface area contributed by atoms with Crippen molar-refractivity contribution in [2.75, 3.05) is 5.38 Å². The highest BCUT2D eigenvalue weighted by Crippen LogP contribution is 2.17. The largest absolute Gasteiger partial charge is 0.134 e. The summed E-state index contributed by atoms with van der Waals surface area (Å²) in [5.74, 6) is 0. The molecule has 0 aliphatic rings. The van der Waals surface area contributed by atoms with Crippen LogP contribution in [-0.4, -0.2) is 20.5 Å². The Morgan fingerprint density at radius 3 is 2.45 bits per heavy atom. The van der Waals surface area contributed by atoms with Crippen molar-refractivity contribution in [2.24, 2.45) is 0 Å². The predicted octanol–water partition coefficient (Wildman–Crippen LogP) is 2.92. The maximum atomic E-state index is 5.11. The van der Waals surface area contributed by atoms with Gasteiger partial charge in [-0.25, -0.2) is 0 Å². The summed E-state index contributed by atoms with van der Waals surface area (Å²) in [6.07, 6.45) is 4.16. The lowest BCUT2D eigenvalue weighted by Gasteiger charge is -2.00. The van der Waals surface area contributed by atoms with Gasteiger partial charge in [0, 0.05) is 15.1 Å². The van der Waals surface area contributed by atoms with E-state index in [9.17, 15) is 0 Å². The fraction of sp³-hybridized carbons (Fsp3) is 0.625. The summed E-state index contributed by atoms with van der Waals surface area (Å²) in [4.78, 5) is 2.42. The molecule has 0 unspecified atom stereocenters. The van der Waals surface area contributed by atoms with E-state index in [1.54, 1.807) is 0 Å². The molecular weight excluding hydrogens is 188 g/mol. The van der Waals surface area contributed by atoms with Crippen LogP contribution in [-0.2, 0) is 0 Å². The summed E-state index contributed by atoms with van der Waals surface area (Å²) < 4.78 is 0. The average Bonchev–Trinajstić information content (AvgIpc) is 2.03. The van der Waals surface area contributed by atoms with Gasteiger partial charge in [-0.2, -0.15) is 0 Å². The van der Waals surface area contributed by atoms with Gasteiger partial charge in [0.25, 0.3) is 0 Å². The lowest BCUT2D eigenvalue weighted by molar-refractivity contribution is 1.20. The molecule has 0 aliphatic heterocycles. The summed E-state index contributed by atoms with van der Waals surface area (Å²) in [6.45, 7) is 4.24. The first-order valence-electron chi connectivity index (χ1n) is 3.75. The van der Waals surface area contributed by atoms with E-state index in [-0.39, 0.29) is 0 Å². The third-order valence-corrected chi connectivity index (χ3v) is 3.04. The monoisotopic (exact) mass is 201 g/mol. The Balaban J connectivity index is 3.99. The van der Waals surface area contributed by atoms with Gasteiger partial charge in [0.1, 0.15) is 0 Å². The van der Waals surface area contributed by atoms with Gasteiger partial charge in [-0.15, -0.1) is 11.8 Å². The normalized spacial score (nSPS) is 11.7. The SMILES string of the molecule is CCC(=S)/C=C(/CC)SC[Si]. The zero-order valence-corrected chi connectivity index (χ0v) is 9.65. The highest BCUT2D eigenvalue weighted by atomic mass is 32.2. The molecule has 0 saturated heterocycles. The zero-order chi connectivity index (χ0) is 8.69. The van der Waals surface area contributed by atoms with Crippen molar-refractivity contribution in [3.05, 3.63) is 11.0 Å². The van der Waals surface area contributed by atoms with Crippen LogP contribution in [0.15, 0.2) is 11.0 Å². The van der Waals surface area contributed by atoms with Gasteiger partial charge < -0.3 is 0 Å². The molecule has 3 radical (unpaired) electrons. The fourth-order valence-electron chi connectivity index (χ4n) is 0.620. The predicted molar refractivity (Wildman–Crippen MR) is 59.5 cm³/mol. The number of thioether (sulfide) groups is 1. The molecule has 0 fully saturated rings. The van der Waals surface area contributed by atoms with Gasteiger partial charge in [-0.3, -0.25) is 0 Å². The molecule has 0 aromatic rings. The summed E-state index contributed by atoms with van der Waals surface area (Å²) in [5.41, 5.74) is 0. The van der Waals surface area contributed by atoms with Crippen molar-refractivity contribution in [3.8, 4) is 0 Å². The van der Waals surface area contributed by atoms with Crippen molar-refractivity contribution in [2.45, 2.75) is 26.7 Å². The second-order valence-electron chi connectivity index (χ2n) is 2.07. The summed E-state index contributed by atoms with van der Waals surface area (Å²) in [6, 6.07) is 0. The van der Waals surface area contributed by atoms with Gasteiger partial charge in [0.05, 0.1) is 0 Å². The molecule has 61 valence electrons. The first-order chi connectivity index (χ1) is 5.24. The van der Waals surface area contributed by atoms with Gasteiger partial charge in [-0.05, 0) is 29.2 Å². The van der Waals surface area contributed by atoms with Crippen LogP contribution in [0.25, 0.3) is 0 Å². The van der Waals surface area contributed by atoms with Crippen molar-refractivity contribution in [1.29, 1.82) is 0 Å². The highest BCUT2D eigenvalue weighted by Gasteiger charge is 1.94. The fourth-order valence-corrected chi connectivity index (χ4v) is 2.01. The van der Waals surface area contributed by atoms with Gasteiger partial charge in [0.2, 0.25) is 0 Å². The molecule has 3 heteroatoms.